The van der Waals surface area contributed by atoms with Crippen molar-refractivity contribution in [3.63, 3.8) is 0 Å². The summed E-state index contributed by atoms with van der Waals surface area (Å²) >= 11 is -0.676. The van der Waals surface area contributed by atoms with Crippen molar-refractivity contribution in [3.8, 4) is 0 Å². The van der Waals surface area contributed by atoms with E-state index < -0.39 is 27.1 Å². The van der Waals surface area contributed by atoms with Crippen molar-refractivity contribution in [2.45, 2.75) is 31.8 Å². The van der Waals surface area contributed by atoms with Gasteiger partial charge in [-0.2, -0.15) is 0 Å². The molecule has 0 radical (unpaired) electrons. The third-order valence-corrected chi connectivity index (χ3v) is 8.09. The van der Waals surface area contributed by atoms with Gasteiger partial charge in [0.25, 0.3) is 0 Å². The van der Waals surface area contributed by atoms with E-state index in [9.17, 15) is 4.79 Å². The van der Waals surface area contributed by atoms with E-state index in [4.69, 9.17) is 7.80 Å². The molecule has 33 heavy (non-hydrogen) atoms. The average Bonchev–Trinajstić information content (AvgIpc) is 3.29. The molecule has 1 aliphatic carbocycles. The fourth-order valence-electron chi connectivity index (χ4n) is 4.33. The standard InChI is InChI=1S/C28H28INO3/c1-19(33-29-18-23-9-5-7-11-26(23)27(30-2)28(31)32-3)20-12-14-22(15-13-20)25-17-16-21-8-4-6-10-24(21)25/h4-15,18-19,25H,16-17H2,1-3H3. The molecule has 5 heteroatoms. The van der Waals surface area contributed by atoms with Crippen LogP contribution in [0.1, 0.15) is 58.7 Å². The summed E-state index contributed by atoms with van der Waals surface area (Å²) in [6, 6.07) is 25.4. The minimum absolute atomic E-state index is 0.00560. The van der Waals surface area contributed by atoms with Gasteiger partial charge in [-0.25, -0.2) is 4.79 Å². The van der Waals surface area contributed by atoms with Gasteiger partial charge in [-0.15, -0.1) is 0 Å². The smallest absolute Gasteiger partial charge is 0.356 e. The summed E-state index contributed by atoms with van der Waals surface area (Å²) in [5.74, 6) is 0.0591. The van der Waals surface area contributed by atoms with Crippen molar-refractivity contribution in [1.29, 1.82) is 0 Å². The summed E-state index contributed by atoms with van der Waals surface area (Å²) < 4.78 is 13.2. The Balaban J connectivity index is 1.44. The van der Waals surface area contributed by atoms with Gasteiger partial charge >= 0.3 is 5.97 Å². The Morgan fingerprint density at radius 2 is 1.79 bits per heavy atom. The first-order chi connectivity index (χ1) is 16.1. The summed E-state index contributed by atoms with van der Waals surface area (Å²) in [4.78, 5) is 16.2. The lowest BCUT2D eigenvalue weighted by atomic mass is 9.92. The fourth-order valence-corrected chi connectivity index (χ4v) is 6.03. The van der Waals surface area contributed by atoms with Crippen molar-refractivity contribution >= 4 is 36.8 Å². The second-order valence-corrected chi connectivity index (χ2v) is 9.68. The van der Waals surface area contributed by atoms with Crippen molar-refractivity contribution < 1.29 is 12.6 Å². The van der Waals surface area contributed by atoms with Gasteiger partial charge in [-0.1, -0.05) is 72.8 Å². The number of rotatable bonds is 7. The molecule has 0 aromatic heterocycles. The summed E-state index contributed by atoms with van der Waals surface area (Å²) in [7, 11) is 2.97. The van der Waals surface area contributed by atoms with Crippen LogP contribution >= 0.6 is 21.1 Å². The Morgan fingerprint density at radius 3 is 2.55 bits per heavy atom. The minimum atomic E-state index is -0.676. The summed E-state index contributed by atoms with van der Waals surface area (Å²) in [6.07, 6.45) is 2.34. The van der Waals surface area contributed by atoms with Crippen LogP contribution in [-0.2, 0) is 19.0 Å². The monoisotopic (exact) mass is 553 g/mol. The fraction of sp³-hybridized carbons (Fsp3) is 0.250. The number of ether oxygens (including phenoxy) is 1. The zero-order valence-corrected chi connectivity index (χ0v) is 21.3. The molecule has 0 aliphatic heterocycles. The van der Waals surface area contributed by atoms with E-state index in [0.29, 0.717) is 11.6 Å². The Morgan fingerprint density at radius 1 is 1.06 bits per heavy atom. The van der Waals surface area contributed by atoms with Gasteiger partial charge in [0.2, 0.25) is 0 Å². The van der Waals surface area contributed by atoms with Crippen LogP contribution in [0.15, 0.2) is 77.8 Å². The molecule has 0 saturated heterocycles. The molecule has 3 aromatic carbocycles. The van der Waals surface area contributed by atoms with Gasteiger partial charge in [-0.3, -0.25) is 4.99 Å². The normalized spacial score (nSPS) is 16.8. The van der Waals surface area contributed by atoms with Crippen molar-refractivity contribution in [2.75, 3.05) is 14.2 Å². The van der Waals surface area contributed by atoms with Gasteiger partial charge in [0.15, 0.2) is 5.71 Å². The highest BCUT2D eigenvalue weighted by atomic mass is 127. The number of benzene rings is 3. The van der Waals surface area contributed by atoms with Gasteiger partial charge < -0.3 is 7.80 Å². The molecule has 0 bridgehead atoms. The first-order valence-corrected chi connectivity index (χ1v) is 13.2. The number of halogens is 1. The van der Waals surface area contributed by atoms with Crippen molar-refractivity contribution in [3.05, 3.63) is 106 Å². The number of carbonyl (C=O) groups excluding carboxylic acids is 1. The zero-order chi connectivity index (χ0) is 23.2. The predicted octanol–water partition coefficient (Wildman–Crippen LogP) is 6.17. The molecule has 170 valence electrons. The van der Waals surface area contributed by atoms with Crippen molar-refractivity contribution in [2.24, 2.45) is 4.99 Å². The van der Waals surface area contributed by atoms with Gasteiger partial charge in [0.05, 0.1) is 13.2 Å². The second-order valence-electron chi connectivity index (χ2n) is 8.04. The summed E-state index contributed by atoms with van der Waals surface area (Å²) in [5, 5.41) is 0. The molecule has 1 aliphatic rings. The van der Waals surface area contributed by atoms with Crippen LogP contribution in [0.5, 0.6) is 0 Å². The highest BCUT2D eigenvalue weighted by molar-refractivity contribution is 14.2. The molecule has 0 fully saturated rings. The Kier molecular flexibility index (Phi) is 7.83. The molecule has 4 rings (SSSR count). The lowest BCUT2D eigenvalue weighted by molar-refractivity contribution is -0.132. The van der Waals surface area contributed by atoms with Crippen LogP contribution in [0.25, 0.3) is 0 Å². The van der Waals surface area contributed by atoms with Crippen LogP contribution in [0.4, 0.5) is 0 Å². The van der Waals surface area contributed by atoms with Crippen LogP contribution < -0.4 is 0 Å². The Hall–Kier alpha value is -2.64. The maximum Gasteiger partial charge on any atom is 0.356 e. The highest BCUT2D eigenvalue weighted by Gasteiger charge is 2.23. The molecule has 2 atom stereocenters. The second kappa shape index (κ2) is 11.0. The summed E-state index contributed by atoms with van der Waals surface area (Å²) in [6.45, 7) is 2.09. The van der Waals surface area contributed by atoms with Crippen LogP contribution in [0.3, 0.4) is 0 Å². The quantitative estimate of drug-likeness (QED) is 0.200. The van der Waals surface area contributed by atoms with E-state index in [0.717, 1.165) is 17.5 Å². The number of fused-ring (bicyclic) bond motifs is 1. The number of nitrogens with zero attached hydrogens (tertiary/aromatic N) is 1. The first-order valence-electron chi connectivity index (χ1n) is 11.1. The third-order valence-electron chi connectivity index (χ3n) is 6.11. The molecular formula is C28H28INO3. The van der Waals surface area contributed by atoms with E-state index >= 15 is 0 Å². The Bertz CT molecular complexity index is 1180. The predicted molar refractivity (Wildman–Crippen MR) is 143 cm³/mol. The molecule has 0 spiro atoms. The molecule has 0 amide bonds. The summed E-state index contributed by atoms with van der Waals surface area (Å²) in [5.41, 5.74) is 7.54. The maximum absolute atomic E-state index is 12.1. The van der Waals surface area contributed by atoms with E-state index in [1.165, 1.54) is 35.8 Å². The van der Waals surface area contributed by atoms with E-state index in [2.05, 4.69) is 64.5 Å². The average molecular weight is 553 g/mol. The minimum Gasteiger partial charge on any atom is -0.464 e. The highest BCUT2D eigenvalue weighted by Crippen LogP contribution is 2.38. The molecule has 0 heterocycles. The van der Waals surface area contributed by atoms with E-state index in [1.54, 1.807) is 7.05 Å². The van der Waals surface area contributed by atoms with E-state index in [1.807, 2.05) is 24.3 Å². The van der Waals surface area contributed by atoms with Gasteiger partial charge in [-0.05, 0) is 47.6 Å². The first kappa shape index (κ1) is 23.5. The van der Waals surface area contributed by atoms with E-state index in [-0.39, 0.29) is 6.10 Å². The SMILES string of the molecule is CN=C(C(=O)OC)c1ccccc1C=IOC(C)c1ccc(C2CCc3ccccc32)cc1. The number of aliphatic imine (C=N–C) groups is 1. The largest absolute Gasteiger partial charge is 0.464 e. The lowest BCUT2D eigenvalue weighted by Crippen LogP contribution is -2.18. The molecule has 3 aromatic rings. The Labute approximate surface area is 206 Å². The van der Waals surface area contributed by atoms with Crippen LogP contribution in [-0.4, -0.2) is 29.9 Å². The molecule has 4 nitrogen and oxygen atoms in total. The lowest BCUT2D eigenvalue weighted by Gasteiger charge is -2.15. The number of carbonyl (C=O) groups is 1. The zero-order valence-electron chi connectivity index (χ0n) is 19.1. The number of hydrogen-bond acceptors (Lipinski definition) is 4. The third kappa shape index (κ3) is 5.31. The topological polar surface area (TPSA) is 47.9 Å². The molecule has 2 unspecified atom stereocenters. The van der Waals surface area contributed by atoms with Crippen LogP contribution in [0.2, 0.25) is 0 Å². The molecule has 0 saturated carbocycles. The van der Waals surface area contributed by atoms with Gasteiger partial charge in [0.1, 0.15) is 0 Å². The van der Waals surface area contributed by atoms with Crippen LogP contribution in [0, 0.1) is 0 Å². The maximum atomic E-state index is 12.1. The number of hydrogen-bond donors (Lipinski definition) is 0. The molecule has 0 N–H and O–H groups in total. The molecular weight excluding hydrogens is 525 g/mol. The number of esters is 1. The number of aryl methyl sites for hydroxylation is 1. The van der Waals surface area contributed by atoms with Crippen molar-refractivity contribution in [1.82, 2.24) is 0 Å². The van der Waals surface area contributed by atoms with Gasteiger partial charge in [0, 0.05) is 43.7 Å². The number of methoxy groups -OCH3 is 1.